The molecule has 0 fully saturated rings. The Labute approximate surface area is 92.1 Å². The maximum absolute atomic E-state index is 5.59. The van der Waals surface area contributed by atoms with Crippen molar-refractivity contribution in [3.05, 3.63) is 35.3 Å². The maximum Gasteiger partial charge on any atom is 0.131 e. The van der Waals surface area contributed by atoms with Gasteiger partial charge in [0.2, 0.25) is 0 Å². The molecule has 2 nitrogen and oxygen atoms in total. The lowest BCUT2D eigenvalue weighted by Crippen LogP contribution is -2.45. The van der Waals surface area contributed by atoms with Crippen molar-refractivity contribution in [1.82, 2.24) is 0 Å². The first-order valence-electron chi connectivity index (χ1n) is 5.55. The highest BCUT2D eigenvalue weighted by Crippen LogP contribution is 2.33. The molecule has 1 aliphatic carbocycles. The smallest absolute Gasteiger partial charge is 0.131 e. The van der Waals surface area contributed by atoms with Crippen LogP contribution in [-0.2, 0) is 4.74 Å². The van der Waals surface area contributed by atoms with Gasteiger partial charge in [-0.15, -0.1) is 0 Å². The monoisotopic (exact) mass is 206 g/mol. The van der Waals surface area contributed by atoms with Crippen LogP contribution >= 0.6 is 0 Å². The molecule has 0 spiro atoms. The number of quaternary nitrogens is 1. The lowest BCUT2D eigenvalue weighted by Gasteiger charge is -2.36. The largest absolute Gasteiger partial charge is 0.465 e. The molecule has 0 aromatic carbocycles. The fourth-order valence-corrected chi connectivity index (χ4v) is 2.20. The highest BCUT2D eigenvalue weighted by atomic mass is 16.5. The summed E-state index contributed by atoms with van der Waals surface area (Å²) in [5.41, 5.74) is 2.74. The molecule has 0 saturated heterocycles. The minimum absolute atomic E-state index is 0.572. The fraction of sp³-hybridized carbons (Fsp3) is 0.538. The van der Waals surface area contributed by atoms with Crippen molar-refractivity contribution in [3.63, 3.8) is 0 Å². The van der Waals surface area contributed by atoms with Crippen LogP contribution in [0.4, 0.5) is 0 Å². The average Bonchev–Trinajstić information content (AvgIpc) is 2.16. The van der Waals surface area contributed by atoms with Crippen molar-refractivity contribution in [3.8, 4) is 0 Å². The molecule has 0 aromatic rings. The van der Waals surface area contributed by atoms with E-state index in [0.29, 0.717) is 6.04 Å². The first kappa shape index (κ1) is 10.5. The number of fused-ring (bicyclic) bond motifs is 1. The Morgan fingerprint density at radius 1 is 1.33 bits per heavy atom. The second kappa shape index (κ2) is 3.53. The van der Waals surface area contributed by atoms with Gasteiger partial charge in [0, 0.05) is 12.5 Å². The van der Waals surface area contributed by atoms with Crippen LogP contribution in [0.5, 0.6) is 0 Å². The molecular weight excluding hydrogens is 186 g/mol. The molecule has 82 valence electrons. The van der Waals surface area contributed by atoms with Crippen molar-refractivity contribution in [2.45, 2.75) is 25.8 Å². The summed E-state index contributed by atoms with van der Waals surface area (Å²) in [6.07, 6.45) is 8.49. The lowest BCUT2D eigenvalue weighted by atomic mass is 9.91. The Morgan fingerprint density at radius 2 is 2.07 bits per heavy atom. The van der Waals surface area contributed by atoms with Gasteiger partial charge < -0.3 is 9.22 Å². The fourth-order valence-electron chi connectivity index (χ4n) is 2.20. The summed E-state index contributed by atoms with van der Waals surface area (Å²) in [5.74, 6) is 1.08. The maximum atomic E-state index is 5.59. The SMILES string of the molecule is CC1=C2CCC([N+](C)(C)C)C=C2OC=C1. The molecule has 2 rings (SSSR count). The molecule has 0 radical (unpaired) electrons. The van der Waals surface area contributed by atoms with Crippen molar-refractivity contribution in [2.75, 3.05) is 21.1 Å². The molecule has 15 heavy (non-hydrogen) atoms. The number of nitrogens with zero attached hydrogens (tertiary/aromatic N) is 1. The van der Waals surface area contributed by atoms with E-state index in [4.69, 9.17) is 4.74 Å². The van der Waals surface area contributed by atoms with Crippen LogP contribution in [-0.4, -0.2) is 31.7 Å². The van der Waals surface area contributed by atoms with Crippen molar-refractivity contribution >= 4 is 0 Å². The molecule has 1 atom stereocenters. The minimum atomic E-state index is 0.572. The van der Waals surface area contributed by atoms with Gasteiger partial charge in [0.25, 0.3) is 0 Å². The summed E-state index contributed by atoms with van der Waals surface area (Å²) in [6.45, 7) is 2.16. The van der Waals surface area contributed by atoms with E-state index in [1.807, 2.05) is 0 Å². The zero-order valence-electron chi connectivity index (χ0n) is 10.1. The van der Waals surface area contributed by atoms with E-state index in [2.05, 4.69) is 40.2 Å². The minimum Gasteiger partial charge on any atom is -0.465 e. The Kier molecular flexibility index (Phi) is 2.47. The van der Waals surface area contributed by atoms with Gasteiger partial charge in [-0.2, -0.15) is 0 Å². The molecule has 0 bridgehead atoms. The Balaban J connectivity index is 2.30. The highest BCUT2D eigenvalue weighted by Gasteiger charge is 2.29. The van der Waals surface area contributed by atoms with Gasteiger partial charge in [0.05, 0.1) is 27.4 Å². The van der Waals surface area contributed by atoms with E-state index >= 15 is 0 Å². The third-order valence-corrected chi connectivity index (χ3v) is 3.32. The van der Waals surface area contributed by atoms with E-state index in [0.717, 1.165) is 16.7 Å². The van der Waals surface area contributed by atoms with Gasteiger partial charge >= 0.3 is 0 Å². The van der Waals surface area contributed by atoms with E-state index in [9.17, 15) is 0 Å². The van der Waals surface area contributed by atoms with Gasteiger partial charge in [-0.25, -0.2) is 0 Å². The van der Waals surface area contributed by atoms with E-state index < -0.39 is 0 Å². The number of likely N-dealkylation sites (N-methyl/N-ethyl adjacent to an activating group) is 1. The Hall–Kier alpha value is -1.02. The first-order chi connectivity index (χ1) is 6.98. The molecule has 0 N–H and O–H groups in total. The summed E-state index contributed by atoms with van der Waals surface area (Å²) < 4.78 is 6.57. The van der Waals surface area contributed by atoms with Crippen LogP contribution in [0, 0.1) is 0 Å². The van der Waals surface area contributed by atoms with Crippen LogP contribution in [0.1, 0.15) is 19.8 Å². The quantitative estimate of drug-likeness (QED) is 0.599. The van der Waals surface area contributed by atoms with Crippen LogP contribution in [0.25, 0.3) is 0 Å². The van der Waals surface area contributed by atoms with Gasteiger partial charge in [-0.3, -0.25) is 0 Å². The highest BCUT2D eigenvalue weighted by molar-refractivity contribution is 5.41. The second-order valence-corrected chi connectivity index (χ2v) is 5.34. The predicted octanol–water partition coefficient (Wildman–Crippen LogP) is 2.60. The third-order valence-electron chi connectivity index (χ3n) is 3.32. The van der Waals surface area contributed by atoms with Crippen LogP contribution in [0.3, 0.4) is 0 Å². The van der Waals surface area contributed by atoms with Gasteiger partial charge in [-0.05, 0) is 30.6 Å². The number of hydrogen-bond acceptors (Lipinski definition) is 1. The molecule has 2 heteroatoms. The van der Waals surface area contributed by atoms with E-state index in [1.165, 1.54) is 17.6 Å². The zero-order chi connectivity index (χ0) is 11.1. The zero-order valence-corrected chi connectivity index (χ0v) is 10.1. The first-order valence-corrected chi connectivity index (χ1v) is 5.55. The second-order valence-electron chi connectivity index (χ2n) is 5.34. The van der Waals surface area contributed by atoms with Crippen molar-refractivity contribution < 1.29 is 9.22 Å². The summed E-state index contributed by atoms with van der Waals surface area (Å²) in [7, 11) is 6.71. The predicted molar refractivity (Wildman–Crippen MR) is 62.1 cm³/mol. The van der Waals surface area contributed by atoms with Crippen LogP contribution in [0.15, 0.2) is 35.3 Å². The standard InChI is InChI=1S/C13H20NO/c1-10-7-8-15-13-9-11(14(2,3)4)5-6-12(10)13/h7-9,11H,5-6H2,1-4H3/q+1. The average molecular weight is 206 g/mol. The third kappa shape index (κ3) is 2.00. The lowest BCUT2D eigenvalue weighted by molar-refractivity contribution is -0.889. The molecule has 1 unspecified atom stereocenters. The van der Waals surface area contributed by atoms with Crippen LogP contribution < -0.4 is 0 Å². The van der Waals surface area contributed by atoms with Crippen molar-refractivity contribution in [1.29, 1.82) is 0 Å². The topological polar surface area (TPSA) is 9.23 Å². The molecular formula is C13H20NO+. The van der Waals surface area contributed by atoms with Crippen molar-refractivity contribution in [2.24, 2.45) is 0 Å². The number of rotatable bonds is 1. The summed E-state index contributed by atoms with van der Waals surface area (Å²) in [4.78, 5) is 0. The van der Waals surface area contributed by atoms with Gasteiger partial charge in [0.15, 0.2) is 0 Å². The van der Waals surface area contributed by atoms with Crippen LogP contribution in [0.2, 0.25) is 0 Å². The summed E-state index contributed by atoms with van der Waals surface area (Å²) in [6, 6.07) is 0.572. The molecule has 2 aliphatic rings. The van der Waals surface area contributed by atoms with E-state index in [-0.39, 0.29) is 0 Å². The van der Waals surface area contributed by atoms with E-state index in [1.54, 1.807) is 6.26 Å². The molecule has 0 saturated carbocycles. The number of ether oxygens (including phenoxy) is 1. The molecule has 1 heterocycles. The molecule has 0 amide bonds. The van der Waals surface area contributed by atoms with Gasteiger partial charge in [-0.1, -0.05) is 0 Å². The number of allylic oxidation sites excluding steroid dienone is 3. The Morgan fingerprint density at radius 3 is 2.73 bits per heavy atom. The Bertz CT molecular complexity index is 355. The molecule has 0 aromatic heterocycles. The number of hydrogen-bond donors (Lipinski definition) is 0. The summed E-state index contributed by atoms with van der Waals surface area (Å²) in [5, 5.41) is 0. The normalized spacial score (nSPS) is 25.9. The summed E-state index contributed by atoms with van der Waals surface area (Å²) >= 11 is 0. The molecule has 1 aliphatic heterocycles. The van der Waals surface area contributed by atoms with Gasteiger partial charge in [0.1, 0.15) is 11.8 Å².